The van der Waals surface area contributed by atoms with E-state index in [2.05, 4.69) is 45.8 Å². The molecule has 2 unspecified atom stereocenters. The number of amides is 1. The summed E-state index contributed by atoms with van der Waals surface area (Å²) < 4.78 is 32.4. The second kappa shape index (κ2) is 14.9. The van der Waals surface area contributed by atoms with E-state index >= 15 is 0 Å². The van der Waals surface area contributed by atoms with Crippen molar-refractivity contribution in [2.24, 2.45) is 5.92 Å². The Balaban J connectivity index is 0.00000612. The number of carbonyl (C=O) groups excluding carboxylic acids is 1. The highest BCUT2D eigenvalue weighted by atomic mass is 35.5. The highest BCUT2D eigenvalue weighted by Crippen LogP contribution is 2.20. The number of ether oxygens (including phenoxy) is 1. The number of halogens is 1. The second-order valence-corrected chi connectivity index (χ2v) is 10.4. The van der Waals surface area contributed by atoms with Crippen molar-refractivity contribution in [2.45, 2.75) is 37.1 Å². The summed E-state index contributed by atoms with van der Waals surface area (Å²) in [5.74, 6) is 10.8. The zero-order chi connectivity index (χ0) is 25.1. The first-order chi connectivity index (χ1) is 16.2. The Kier molecular flexibility index (Phi) is 13.1. The molecule has 11 heteroatoms. The average molecular weight is 527 g/mol. The summed E-state index contributed by atoms with van der Waals surface area (Å²) in [6.07, 6.45) is 0. The molecule has 2 rings (SSSR count). The molecule has 1 aliphatic rings. The van der Waals surface area contributed by atoms with Crippen LogP contribution in [0.5, 0.6) is 5.75 Å². The minimum absolute atomic E-state index is 0. The lowest BCUT2D eigenvalue weighted by Gasteiger charge is -2.30. The van der Waals surface area contributed by atoms with Crippen molar-refractivity contribution < 1.29 is 23.2 Å². The summed E-state index contributed by atoms with van der Waals surface area (Å²) >= 11 is 0. The van der Waals surface area contributed by atoms with E-state index < -0.39 is 27.2 Å². The molecular formula is C24H35ClN4O5S. The molecule has 0 aromatic heterocycles. The number of nitrogens with zero attached hydrogens (tertiary/aromatic N) is 2. The number of hydroxylamine groups is 1. The van der Waals surface area contributed by atoms with Gasteiger partial charge in [-0.2, -0.15) is 0 Å². The van der Waals surface area contributed by atoms with Crippen LogP contribution in [0.25, 0.3) is 0 Å². The molecule has 194 valence electrons. The topological polar surface area (TPSA) is 111 Å². The largest absolute Gasteiger partial charge is 0.481 e. The third-order valence-corrected chi connectivity index (χ3v) is 7.28. The lowest BCUT2D eigenvalue weighted by atomic mass is 10.0. The van der Waals surface area contributed by atoms with Gasteiger partial charge in [0.15, 0.2) is 5.37 Å². The number of hydrogen-bond donors (Lipinski definition) is 3. The van der Waals surface area contributed by atoms with Crippen LogP contribution in [-0.2, 0) is 14.6 Å². The Morgan fingerprint density at radius 2 is 1.77 bits per heavy atom. The molecule has 1 aromatic rings. The number of carbonyl (C=O) groups is 1. The number of rotatable bonds is 9. The number of hydrogen-bond acceptors (Lipinski definition) is 8. The van der Waals surface area contributed by atoms with Gasteiger partial charge in [-0.3, -0.25) is 20.2 Å². The molecule has 1 aliphatic heterocycles. The van der Waals surface area contributed by atoms with Gasteiger partial charge >= 0.3 is 0 Å². The number of nitrogens with one attached hydrogen (secondary N) is 2. The first-order valence-electron chi connectivity index (χ1n) is 11.1. The third kappa shape index (κ3) is 9.34. The molecule has 0 spiro atoms. The molecule has 2 atom stereocenters. The molecule has 1 heterocycles. The molecule has 0 aliphatic carbocycles. The number of likely N-dealkylation sites (N-methyl/N-ethyl adjacent to an activating group) is 1. The van der Waals surface area contributed by atoms with Crippen LogP contribution in [-0.4, -0.2) is 87.1 Å². The van der Waals surface area contributed by atoms with Crippen molar-refractivity contribution >= 4 is 28.2 Å². The van der Waals surface area contributed by atoms with Gasteiger partial charge in [0.1, 0.15) is 12.4 Å². The Bertz CT molecular complexity index is 1030. The van der Waals surface area contributed by atoms with Crippen molar-refractivity contribution in [3.05, 3.63) is 24.3 Å². The maximum absolute atomic E-state index is 13.5. The highest BCUT2D eigenvalue weighted by molar-refractivity contribution is 7.92. The smallest absolute Gasteiger partial charge is 0.260 e. The lowest BCUT2D eigenvalue weighted by Crippen LogP contribution is -2.52. The van der Waals surface area contributed by atoms with Gasteiger partial charge in [0.25, 0.3) is 5.91 Å². The molecule has 0 radical (unpaired) electrons. The minimum Gasteiger partial charge on any atom is -0.481 e. The molecule has 1 aromatic carbocycles. The minimum atomic E-state index is -3.98. The SMILES string of the molecule is CC#CCOc1ccc(S(=O)(=O)C(C#CCN2CCN(C)CC2)NC(C(=O)NO)C(C)C)cc1.Cl. The highest BCUT2D eigenvalue weighted by Gasteiger charge is 2.32. The first kappa shape index (κ1) is 30.7. The van der Waals surface area contributed by atoms with E-state index in [4.69, 9.17) is 9.94 Å². The molecule has 0 bridgehead atoms. The van der Waals surface area contributed by atoms with Gasteiger partial charge in [-0.1, -0.05) is 31.6 Å². The molecule has 1 amide bonds. The zero-order valence-corrected chi connectivity index (χ0v) is 22.2. The number of piperazine rings is 1. The van der Waals surface area contributed by atoms with Crippen LogP contribution < -0.4 is 15.5 Å². The van der Waals surface area contributed by atoms with E-state index in [-0.39, 0.29) is 29.8 Å². The van der Waals surface area contributed by atoms with Crippen LogP contribution in [0, 0.1) is 29.6 Å². The van der Waals surface area contributed by atoms with E-state index in [1.807, 2.05) is 0 Å². The zero-order valence-electron chi connectivity index (χ0n) is 20.6. The lowest BCUT2D eigenvalue weighted by molar-refractivity contribution is -0.132. The summed E-state index contributed by atoms with van der Waals surface area (Å²) in [6.45, 7) is 9.38. The van der Waals surface area contributed by atoms with Gasteiger partial charge in [-0.25, -0.2) is 13.9 Å². The van der Waals surface area contributed by atoms with Crippen molar-refractivity contribution in [3.63, 3.8) is 0 Å². The van der Waals surface area contributed by atoms with Gasteiger partial charge < -0.3 is 9.64 Å². The van der Waals surface area contributed by atoms with E-state index in [1.54, 1.807) is 38.4 Å². The van der Waals surface area contributed by atoms with Crippen LogP contribution in [0.4, 0.5) is 0 Å². The Hall–Kier alpha value is -2.31. The van der Waals surface area contributed by atoms with Crippen LogP contribution in [0.3, 0.4) is 0 Å². The number of benzene rings is 1. The van der Waals surface area contributed by atoms with E-state index in [1.165, 1.54) is 12.1 Å². The summed E-state index contributed by atoms with van der Waals surface area (Å²) in [6, 6.07) is 5.03. The monoisotopic (exact) mass is 526 g/mol. The second-order valence-electron chi connectivity index (χ2n) is 8.38. The Labute approximate surface area is 214 Å². The van der Waals surface area contributed by atoms with Crippen LogP contribution in [0.2, 0.25) is 0 Å². The number of sulfone groups is 1. The fraction of sp³-hybridized carbons (Fsp3) is 0.542. The van der Waals surface area contributed by atoms with Crippen molar-refractivity contribution in [1.82, 2.24) is 20.6 Å². The summed E-state index contributed by atoms with van der Waals surface area (Å²) in [4.78, 5) is 16.6. The molecule has 9 nitrogen and oxygen atoms in total. The van der Waals surface area contributed by atoms with Gasteiger partial charge in [0.05, 0.1) is 17.5 Å². The van der Waals surface area contributed by atoms with E-state index in [0.717, 1.165) is 26.2 Å². The van der Waals surface area contributed by atoms with Crippen LogP contribution in [0.15, 0.2) is 29.2 Å². The molecular weight excluding hydrogens is 492 g/mol. The van der Waals surface area contributed by atoms with Gasteiger partial charge in [-0.05, 0) is 44.2 Å². The predicted molar refractivity (Wildman–Crippen MR) is 137 cm³/mol. The summed E-state index contributed by atoms with van der Waals surface area (Å²) in [7, 11) is -1.92. The summed E-state index contributed by atoms with van der Waals surface area (Å²) in [5, 5.41) is 10.6. The molecule has 3 N–H and O–H groups in total. The van der Waals surface area contributed by atoms with E-state index in [9.17, 15) is 13.2 Å². The fourth-order valence-electron chi connectivity index (χ4n) is 3.32. The van der Waals surface area contributed by atoms with Gasteiger partial charge in [-0.15, -0.1) is 18.3 Å². The molecule has 1 fully saturated rings. The maximum atomic E-state index is 13.5. The Morgan fingerprint density at radius 1 is 1.14 bits per heavy atom. The summed E-state index contributed by atoms with van der Waals surface area (Å²) in [5.41, 5.74) is 1.60. The van der Waals surface area contributed by atoms with E-state index in [0.29, 0.717) is 12.3 Å². The molecule has 0 saturated carbocycles. The molecule has 35 heavy (non-hydrogen) atoms. The first-order valence-corrected chi connectivity index (χ1v) is 12.7. The fourth-order valence-corrected chi connectivity index (χ4v) is 4.67. The van der Waals surface area contributed by atoms with Crippen molar-refractivity contribution in [2.75, 3.05) is 46.4 Å². The van der Waals surface area contributed by atoms with Crippen molar-refractivity contribution in [3.8, 4) is 29.4 Å². The quantitative estimate of drug-likeness (QED) is 0.248. The normalized spacial score (nSPS) is 16.1. The van der Waals surface area contributed by atoms with Gasteiger partial charge in [0.2, 0.25) is 9.84 Å². The van der Waals surface area contributed by atoms with Crippen LogP contribution >= 0.6 is 12.4 Å². The van der Waals surface area contributed by atoms with Crippen molar-refractivity contribution in [1.29, 1.82) is 0 Å². The van der Waals surface area contributed by atoms with Crippen LogP contribution in [0.1, 0.15) is 20.8 Å². The standard InChI is InChI=1S/C24H34N4O5S.ClH/c1-5-6-18-33-20-9-11-21(12-10-20)34(31,32)22(25-23(19(2)3)24(29)26-30)8-7-13-28-16-14-27(4)15-17-28;/h9-12,19,22-23,25,30H,13-18H2,1-4H3,(H,26,29);1H. The Morgan fingerprint density at radius 3 is 2.31 bits per heavy atom. The third-order valence-electron chi connectivity index (χ3n) is 5.47. The van der Waals surface area contributed by atoms with Gasteiger partial charge in [0, 0.05) is 26.2 Å². The molecule has 1 saturated heterocycles. The maximum Gasteiger partial charge on any atom is 0.260 e. The average Bonchev–Trinajstić information content (AvgIpc) is 2.82. The predicted octanol–water partition coefficient (Wildman–Crippen LogP) is 0.981.